The first-order valence-corrected chi connectivity index (χ1v) is 10.7. The minimum atomic E-state index is -0.393. The van der Waals surface area contributed by atoms with Gasteiger partial charge in [0.05, 0.1) is 0 Å². The molecule has 0 heterocycles. The molecular weight excluding hydrogens is 413 g/mol. The first kappa shape index (κ1) is 24.9. The second-order valence-corrected chi connectivity index (χ2v) is 7.53. The topological polar surface area (TPSA) is 129 Å². The van der Waals surface area contributed by atoms with E-state index in [1.165, 1.54) is 6.08 Å². The van der Waals surface area contributed by atoms with Crippen molar-refractivity contribution in [3.8, 4) is 0 Å². The van der Waals surface area contributed by atoms with Crippen molar-refractivity contribution in [2.75, 3.05) is 11.9 Å². The third kappa shape index (κ3) is 9.22. The Labute approximate surface area is 187 Å². The summed E-state index contributed by atoms with van der Waals surface area (Å²) < 4.78 is 13.0. The Hall–Kier alpha value is -3.33. The standard InChI is InChI=1S/C23H30FN5O3/c24-19-11-7-17(8-12-19)15-26-16-21(28-25)18-9-13-20(14-10-18)27-22(30)5-3-1-2-4-6-23(31)29-32/h7,9-14,16-17,32H,1-6,8,15,25H2,(H,27,30)(H,29,31). The van der Waals surface area contributed by atoms with E-state index in [0.29, 0.717) is 37.2 Å². The molecule has 5 N–H and O–H groups in total. The Bertz CT molecular complexity index is 878. The molecule has 2 rings (SSSR count). The maximum absolute atomic E-state index is 13.0. The molecule has 0 aromatic heterocycles. The van der Waals surface area contributed by atoms with Crippen LogP contribution in [0, 0.1) is 5.92 Å². The zero-order chi connectivity index (χ0) is 23.2. The van der Waals surface area contributed by atoms with Crippen LogP contribution in [0.25, 0.3) is 0 Å². The predicted octanol–water partition coefficient (Wildman–Crippen LogP) is 3.63. The largest absolute Gasteiger partial charge is 0.326 e. The zero-order valence-corrected chi connectivity index (χ0v) is 18.0. The molecule has 0 radical (unpaired) electrons. The fourth-order valence-corrected chi connectivity index (χ4v) is 3.16. The van der Waals surface area contributed by atoms with E-state index in [9.17, 15) is 14.0 Å². The molecule has 1 aliphatic carbocycles. The molecule has 1 unspecified atom stereocenters. The third-order valence-electron chi connectivity index (χ3n) is 4.98. The third-order valence-corrected chi connectivity index (χ3v) is 4.98. The first-order valence-electron chi connectivity index (χ1n) is 10.7. The lowest BCUT2D eigenvalue weighted by Crippen LogP contribution is -2.17. The zero-order valence-electron chi connectivity index (χ0n) is 18.0. The molecule has 0 saturated heterocycles. The van der Waals surface area contributed by atoms with Crippen LogP contribution in [0.4, 0.5) is 10.1 Å². The number of benzene rings is 1. The van der Waals surface area contributed by atoms with Crippen LogP contribution in [0.3, 0.4) is 0 Å². The number of hydroxylamine groups is 1. The van der Waals surface area contributed by atoms with Crippen molar-refractivity contribution in [1.29, 1.82) is 0 Å². The van der Waals surface area contributed by atoms with Crippen LogP contribution in [0.1, 0.15) is 50.5 Å². The number of nitrogens with zero attached hydrogens (tertiary/aromatic N) is 2. The molecular formula is C23H30FN5O3. The molecule has 9 heteroatoms. The first-order chi connectivity index (χ1) is 15.5. The van der Waals surface area contributed by atoms with Crippen molar-refractivity contribution >= 4 is 29.4 Å². The molecule has 0 saturated carbocycles. The lowest BCUT2D eigenvalue weighted by molar-refractivity contribution is -0.129. The van der Waals surface area contributed by atoms with Crippen molar-refractivity contribution in [2.24, 2.45) is 21.9 Å². The smallest absolute Gasteiger partial charge is 0.243 e. The molecule has 2 amide bonds. The van der Waals surface area contributed by atoms with Gasteiger partial charge in [-0.25, -0.2) is 9.87 Å². The summed E-state index contributed by atoms with van der Waals surface area (Å²) in [7, 11) is 0. The lowest BCUT2D eigenvalue weighted by atomic mass is 10.0. The van der Waals surface area contributed by atoms with E-state index in [-0.39, 0.29) is 24.1 Å². The average Bonchev–Trinajstić information content (AvgIpc) is 2.80. The van der Waals surface area contributed by atoms with Gasteiger partial charge < -0.3 is 11.2 Å². The van der Waals surface area contributed by atoms with Gasteiger partial charge in [0, 0.05) is 42.8 Å². The number of hydrazone groups is 1. The van der Waals surface area contributed by atoms with E-state index in [4.69, 9.17) is 11.0 Å². The van der Waals surface area contributed by atoms with E-state index in [0.717, 1.165) is 24.8 Å². The van der Waals surface area contributed by atoms with E-state index in [1.54, 1.807) is 48.1 Å². The van der Waals surface area contributed by atoms with Crippen LogP contribution < -0.4 is 16.6 Å². The second kappa shape index (κ2) is 13.9. The highest BCUT2D eigenvalue weighted by Gasteiger charge is 2.08. The maximum Gasteiger partial charge on any atom is 0.243 e. The van der Waals surface area contributed by atoms with Gasteiger partial charge in [-0.05, 0) is 43.5 Å². The van der Waals surface area contributed by atoms with E-state index in [1.807, 2.05) is 0 Å². The maximum atomic E-state index is 13.0. The number of amides is 2. The van der Waals surface area contributed by atoms with Gasteiger partial charge in [-0.15, -0.1) is 0 Å². The SMILES string of the molecule is NN=C(C=NCC1C=CC(F)=CC1)c1ccc(NC(=O)CCCCCCC(=O)NO)cc1. The Balaban J connectivity index is 1.72. The normalized spacial score (nSPS) is 16.1. The van der Waals surface area contributed by atoms with Crippen molar-refractivity contribution < 1.29 is 19.2 Å². The quantitative estimate of drug-likeness (QED) is 0.129. The number of carbonyl (C=O) groups is 2. The number of allylic oxidation sites excluding steroid dienone is 3. The van der Waals surface area contributed by atoms with Gasteiger partial charge in [0.1, 0.15) is 11.5 Å². The molecule has 0 fully saturated rings. The fraction of sp³-hybridized carbons (Fsp3) is 0.391. The summed E-state index contributed by atoms with van der Waals surface area (Å²) in [5.41, 5.74) is 3.56. The van der Waals surface area contributed by atoms with Crippen molar-refractivity contribution in [1.82, 2.24) is 5.48 Å². The van der Waals surface area contributed by atoms with E-state index < -0.39 is 5.91 Å². The van der Waals surface area contributed by atoms with Gasteiger partial charge in [-0.2, -0.15) is 5.10 Å². The molecule has 0 bridgehead atoms. The molecule has 0 spiro atoms. The highest BCUT2D eigenvalue weighted by molar-refractivity contribution is 6.38. The average molecular weight is 444 g/mol. The van der Waals surface area contributed by atoms with Gasteiger partial charge in [0.2, 0.25) is 11.8 Å². The number of halogens is 1. The highest BCUT2D eigenvalue weighted by atomic mass is 19.1. The molecule has 8 nitrogen and oxygen atoms in total. The summed E-state index contributed by atoms with van der Waals surface area (Å²) in [6.45, 7) is 0.516. The lowest BCUT2D eigenvalue weighted by Gasteiger charge is -2.10. The summed E-state index contributed by atoms with van der Waals surface area (Å²) in [4.78, 5) is 27.4. The summed E-state index contributed by atoms with van der Waals surface area (Å²) in [5.74, 6) is 4.96. The number of aliphatic imine (C=N–C) groups is 1. The van der Waals surface area contributed by atoms with Crippen molar-refractivity contribution in [2.45, 2.75) is 44.9 Å². The summed E-state index contributed by atoms with van der Waals surface area (Å²) in [6.07, 6.45) is 10.8. The highest BCUT2D eigenvalue weighted by Crippen LogP contribution is 2.17. The number of carbonyl (C=O) groups excluding carboxylic acids is 2. The molecule has 0 aliphatic heterocycles. The minimum Gasteiger partial charge on any atom is -0.326 e. The van der Waals surface area contributed by atoms with Gasteiger partial charge >= 0.3 is 0 Å². The Morgan fingerprint density at radius 2 is 1.81 bits per heavy atom. The van der Waals surface area contributed by atoms with E-state index in [2.05, 4.69) is 15.4 Å². The van der Waals surface area contributed by atoms with Crippen LogP contribution in [-0.4, -0.2) is 35.5 Å². The Morgan fingerprint density at radius 3 is 2.41 bits per heavy atom. The molecule has 1 aromatic carbocycles. The van der Waals surface area contributed by atoms with Gasteiger partial charge in [-0.3, -0.25) is 19.8 Å². The number of anilines is 1. The minimum absolute atomic E-state index is 0.0776. The Kier molecular flexibility index (Phi) is 10.8. The molecule has 1 atom stereocenters. The van der Waals surface area contributed by atoms with Gasteiger partial charge in [0.25, 0.3) is 0 Å². The number of nitrogens with two attached hydrogens (primary N) is 1. The summed E-state index contributed by atoms with van der Waals surface area (Å²) in [6, 6.07) is 7.16. The van der Waals surface area contributed by atoms with Crippen molar-refractivity contribution in [3.63, 3.8) is 0 Å². The molecule has 172 valence electrons. The predicted molar refractivity (Wildman–Crippen MR) is 123 cm³/mol. The molecule has 1 aliphatic rings. The summed E-state index contributed by atoms with van der Waals surface area (Å²) >= 11 is 0. The number of nitrogens with one attached hydrogen (secondary N) is 2. The molecule has 1 aromatic rings. The van der Waals surface area contributed by atoms with Crippen LogP contribution in [0.5, 0.6) is 0 Å². The van der Waals surface area contributed by atoms with E-state index >= 15 is 0 Å². The van der Waals surface area contributed by atoms with Gasteiger partial charge in [-0.1, -0.05) is 31.1 Å². The summed E-state index contributed by atoms with van der Waals surface area (Å²) in [5, 5.41) is 15.0. The number of unbranched alkanes of at least 4 members (excludes halogenated alkanes) is 3. The van der Waals surface area contributed by atoms with Crippen LogP contribution >= 0.6 is 0 Å². The second-order valence-electron chi connectivity index (χ2n) is 7.53. The number of hydrogen-bond donors (Lipinski definition) is 4. The van der Waals surface area contributed by atoms with Crippen LogP contribution in [0.15, 0.2) is 58.4 Å². The Morgan fingerprint density at radius 1 is 1.12 bits per heavy atom. The van der Waals surface area contributed by atoms with Crippen molar-refractivity contribution in [3.05, 3.63) is 53.9 Å². The van der Waals surface area contributed by atoms with Gasteiger partial charge in [0.15, 0.2) is 0 Å². The van der Waals surface area contributed by atoms with Crippen LogP contribution in [0.2, 0.25) is 0 Å². The number of hydrogen-bond acceptors (Lipinski definition) is 6. The van der Waals surface area contributed by atoms with Crippen LogP contribution in [-0.2, 0) is 9.59 Å². The monoisotopic (exact) mass is 443 g/mol. The number of rotatable bonds is 12. The molecule has 32 heavy (non-hydrogen) atoms. The fourth-order valence-electron chi connectivity index (χ4n) is 3.16.